The summed E-state index contributed by atoms with van der Waals surface area (Å²) in [5.41, 5.74) is 1.94. The molecule has 4 nitrogen and oxygen atoms in total. The van der Waals surface area contributed by atoms with Crippen molar-refractivity contribution < 1.29 is 4.79 Å². The molecule has 154 valence electrons. The minimum absolute atomic E-state index is 0.168. The van der Waals surface area contributed by atoms with Crippen LogP contribution in [0.1, 0.15) is 36.2 Å². The first kappa shape index (κ1) is 20.7. The molecule has 0 aliphatic carbocycles. The van der Waals surface area contributed by atoms with Crippen LogP contribution in [0.4, 0.5) is 0 Å². The van der Waals surface area contributed by atoms with Crippen LogP contribution in [-0.2, 0) is 6.54 Å². The highest BCUT2D eigenvalue weighted by Gasteiger charge is 2.45. The zero-order valence-electron chi connectivity index (χ0n) is 17.2. The fourth-order valence-corrected chi connectivity index (χ4v) is 5.57. The molecule has 2 atom stereocenters. The number of halogens is 1. The Bertz CT molecular complexity index is 886. The maximum atomic E-state index is 13.2. The van der Waals surface area contributed by atoms with Crippen molar-refractivity contribution >= 4 is 29.3 Å². The van der Waals surface area contributed by atoms with Gasteiger partial charge in [0, 0.05) is 58.1 Å². The average Bonchev–Trinajstić information content (AvgIpc) is 3.32. The van der Waals surface area contributed by atoms with E-state index < -0.39 is 0 Å². The quantitative estimate of drug-likeness (QED) is 0.732. The van der Waals surface area contributed by atoms with Gasteiger partial charge < -0.3 is 10.2 Å². The molecule has 2 aliphatic heterocycles. The largest absolute Gasteiger partial charge is 0.333 e. The lowest BCUT2D eigenvalue weighted by Crippen LogP contribution is -2.50. The second-order valence-corrected chi connectivity index (χ2v) is 9.75. The van der Waals surface area contributed by atoms with E-state index in [0.29, 0.717) is 18.1 Å². The Morgan fingerprint density at radius 2 is 1.93 bits per heavy atom. The van der Waals surface area contributed by atoms with Crippen LogP contribution >= 0.6 is 23.4 Å². The third-order valence-corrected chi connectivity index (χ3v) is 7.30. The predicted octanol–water partition coefficient (Wildman–Crippen LogP) is 4.52. The average molecular weight is 430 g/mol. The number of fused-ring (bicyclic) bond motifs is 2. The summed E-state index contributed by atoms with van der Waals surface area (Å²) in [5, 5.41) is 3.97. The second-order valence-electron chi connectivity index (χ2n) is 8.20. The molecule has 0 radical (unpaired) electrons. The van der Waals surface area contributed by atoms with Gasteiger partial charge in [0.15, 0.2) is 0 Å². The molecule has 29 heavy (non-hydrogen) atoms. The minimum atomic E-state index is 0.168. The van der Waals surface area contributed by atoms with E-state index in [1.54, 1.807) is 11.8 Å². The molecule has 0 saturated carbocycles. The number of rotatable bonds is 6. The summed E-state index contributed by atoms with van der Waals surface area (Å²) in [6.45, 7) is 7.07. The Kier molecular flexibility index (Phi) is 6.21. The number of likely N-dealkylation sites (tertiary alicyclic amines) is 2. The lowest BCUT2D eigenvalue weighted by molar-refractivity contribution is 0.0583. The van der Waals surface area contributed by atoms with Gasteiger partial charge in [0.25, 0.3) is 5.91 Å². The summed E-state index contributed by atoms with van der Waals surface area (Å²) >= 11 is 7.70. The van der Waals surface area contributed by atoms with Gasteiger partial charge in [-0.25, -0.2) is 0 Å². The Morgan fingerprint density at radius 3 is 2.55 bits per heavy atom. The van der Waals surface area contributed by atoms with E-state index in [0.717, 1.165) is 52.0 Å². The summed E-state index contributed by atoms with van der Waals surface area (Å²) in [5.74, 6) is 0.168. The number of amides is 1. The fraction of sp³-hybridized carbons (Fsp3) is 0.435. The standard InChI is InChI=1S/C23H28ClN3OS/c1-15(2)26-13-20-11-19(26)14-27(20)23(28)16-4-9-22(17(10-16)12-25-3)29-21-7-5-18(24)6-8-21/h4-10,15,19-20,25H,11-14H2,1-3H3. The van der Waals surface area contributed by atoms with Gasteiger partial charge in [0.2, 0.25) is 0 Å². The van der Waals surface area contributed by atoms with Crippen molar-refractivity contribution in [3.8, 4) is 0 Å². The van der Waals surface area contributed by atoms with E-state index in [2.05, 4.69) is 41.1 Å². The SMILES string of the molecule is CNCc1cc(C(=O)N2CC3CC2CN3C(C)C)ccc1Sc1ccc(Cl)cc1. The first-order valence-electron chi connectivity index (χ1n) is 10.2. The molecule has 0 aromatic heterocycles. The number of carbonyl (C=O) groups is 1. The zero-order valence-corrected chi connectivity index (χ0v) is 18.8. The molecule has 2 aromatic rings. The molecule has 2 bridgehead atoms. The summed E-state index contributed by atoms with van der Waals surface area (Å²) in [6.07, 6.45) is 1.11. The van der Waals surface area contributed by atoms with Gasteiger partial charge in [0.1, 0.15) is 0 Å². The van der Waals surface area contributed by atoms with Crippen molar-refractivity contribution in [3.63, 3.8) is 0 Å². The molecule has 2 fully saturated rings. The molecule has 1 N–H and O–H groups in total. The molecule has 6 heteroatoms. The molecule has 2 aromatic carbocycles. The van der Waals surface area contributed by atoms with Gasteiger partial charge in [-0.2, -0.15) is 0 Å². The van der Waals surface area contributed by atoms with E-state index in [4.69, 9.17) is 11.6 Å². The Morgan fingerprint density at radius 1 is 1.17 bits per heavy atom. The van der Waals surface area contributed by atoms with E-state index in [-0.39, 0.29) is 5.91 Å². The first-order chi connectivity index (χ1) is 14.0. The fourth-order valence-electron chi connectivity index (χ4n) is 4.52. The Hall–Kier alpha value is -1.53. The first-order valence-corrected chi connectivity index (χ1v) is 11.4. The Balaban J connectivity index is 1.52. The number of carbonyl (C=O) groups excluding carboxylic acids is 1. The maximum Gasteiger partial charge on any atom is 0.254 e. The van der Waals surface area contributed by atoms with Crippen molar-refractivity contribution in [1.29, 1.82) is 0 Å². The van der Waals surface area contributed by atoms with Crippen LogP contribution in [-0.4, -0.2) is 54.0 Å². The predicted molar refractivity (Wildman–Crippen MR) is 120 cm³/mol. The highest BCUT2D eigenvalue weighted by Crippen LogP contribution is 2.35. The number of nitrogens with one attached hydrogen (secondary N) is 1. The van der Waals surface area contributed by atoms with E-state index in [9.17, 15) is 4.79 Å². The van der Waals surface area contributed by atoms with Crippen LogP contribution in [0.2, 0.25) is 5.02 Å². The monoisotopic (exact) mass is 429 g/mol. The smallest absolute Gasteiger partial charge is 0.254 e. The van der Waals surface area contributed by atoms with Crippen molar-refractivity contribution in [2.24, 2.45) is 0 Å². The third-order valence-electron chi connectivity index (χ3n) is 5.92. The summed E-state index contributed by atoms with van der Waals surface area (Å²) in [7, 11) is 1.94. The van der Waals surface area contributed by atoms with Crippen LogP contribution in [0.25, 0.3) is 0 Å². The zero-order chi connectivity index (χ0) is 20.5. The molecule has 4 rings (SSSR count). The molecule has 0 spiro atoms. The van der Waals surface area contributed by atoms with Crippen molar-refractivity contribution in [3.05, 3.63) is 58.6 Å². The van der Waals surface area contributed by atoms with Gasteiger partial charge in [0.05, 0.1) is 0 Å². The summed E-state index contributed by atoms with van der Waals surface area (Å²) in [6, 6.07) is 15.4. The van der Waals surface area contributed by atoms with Gasteiger partial charge in [-0.15, -0.1) is 0 Å². The number of piperazine rings is 1. The molecule has 1 amide bonds. The van der Waals surface area contributed by atoms with E-state index in [1.807, 2.05) is 37.4 Å². The van der Waals surface area contributed by atoms with Gasteiger partial charge >= 0.3 is 0 Å². The molecule has 2 heterocycles. The van der Waals surface area contributed by atoms with Crippen LogP contribution in [0.15, 0.2) is 52.3 Å². The van der Waals surface area contributed by atoms with E-state index in [1.165, 1.54) is 0 Å². The van der Waals surface area contributed by atoms with Crippen LogP contribution in [0.5, 0.6) is 0 Å². The van der Waals surface area contributed by atoms with Crippen molar-refractivity contribution in [2.75, 3.05) is 20.1 Å². The van der Waals surface area contributed by atoms with Gasteiger partial charge in [-0.05, 0) is 75.3 Å². The van der Waals surface area contributed by atoms with Crippen LogP contribution in [0, 0.1) is 0 Å². The van der Waals surface area contributed by atoms with Crippen LogP contribution < -0.4 is 5.32 Å². The minimum Gasteiger partial charge on any atom is -0.333 e. The topological polar surface area (TPSA) is 35.6 Å². The lowest BCUT2D eigenvalue weighted by atomic mass is 10.1. The normalized spacial score (nSPS) is 21.3. The van der Waals surface area contributed by atoms with Gasteiger partial charge in [-0.3, -0.25) is 9.69 Å². The molecular formula is C23H28ClN3OS. The van der Waals surface area contributed by atoms with Gasteiger partial charge in [-0.1, -0.05) is 23.4 Å². The molecule has 2 saturated heterocycles. The second kappa shape index (κ2) is 8.68. The number of hydrogen-bond acceptors (Lipinski definition) is 4. The number of nitrogens with zero attached hydrogens (tertiary/aromatic N) is 2. The highest BCUT2D eigenvalue weighted by molar-refractivity contribution is 7.99. The number of hydrogen-bond donors (Lipinski definition) is 1. The molecular weight excluding hydrogens is 402 g/mol. The Labute approximate surface area is 182 Å². The van der Waals surface area contributed by atoms with Crippen molar-refractivity contribution in [1.82, 2.24) is 15.1 Å². The summed E-state index contributed by atoms with van der Waals surface area (Å²) in [4.78, 5) is 20.2. The maximum absolute atomic E-state index is 13.2. The highest BCUT2D eigenvalue weighted by atomic mass is 35.5. The third kappa shape index (κ3) is 4.33. The van der Waals surface area contributed by atoms with Crippen LogP contribution in [0.3, 0.4) is 0 Å². The van der Waals surface area contributed by atoms with Crippen molar-refractivity contribution in [2.45, 2.75) is 54.7 Å². The van der Waals surface area contributed by atoms with E-state index >= 15 is 0 Å². The molecule has 2 unspecified atom stereocenters. The lowest BCUT2D eigenvalue weighted by Gasteiger charge is -2.36. The number of benzene rings is 2. The summed E-state index contributed by atoms with van der Waals surface area (Å²) < 4.78 is 0. The molecule has 2 aliphatic rings.